The van der Waals surface area contributed by atoms with Gasteiger partial charge < -0.3 is 0 Å². The smallest absolute Gasteiger partial charge is 0.223 e. The van der Waals surface area contributed by atoms with Crippen LogP contribution in [-0.2, 0) is 0 Å². The lowest BCUT2D eigenvalue weighted by atomic mass is 10.5. The molecular weight excluding hydrogens is 277 g/mol. The zero-order valence-corrected chi connectivity index (χ0v) is 10.4. The van der Waals surface area contributed by atoms with E-state index in [9.17, 15) is 4.39 Å². The average molecular weight is 282 g/mol. The van der Waals surface area contributed by atoms with Crippen molar-refractivity contribution in [2.24, 2.45) is 0 Å². The molecule has 0 fully saturated rings. The van der Waals surface area contributed by atoms with Crippen LogP contribution in [-0.4, -0.2) is 24.6 Å². The van der Waals surface area contributed by atoms with Gasteiger partial charge in [0.05, 0.1) is 6.20 Å². The van der Waals surface area contributed by atoms with Crippen LogP contribution in [0.1, 0.15) is 0 Å². The van der Waals surface area contributed by atoms with Crippen LogP contribution in [0.3, 0.4) is 0 Å². The standard InChI is InChI=1S/C10H5ClFN5S/c11-9-13-5-6(12)8(14-9)18-10-16-15-7-3-1-2-4-17(7)10/h1-5H. The molecule has 0 unspecified atom stereocenters. The predicted molar refractivity (Wildman–Crippen MR) is 64.1 cm³/mol. The highest BCUT2D eigenvalue weighted by molar-refractivity contribution is 7.99. The Labute approximate surface area is 110 Å². The Hall–Kier alpha value is -1.73. The lowest BCUT2D eigenvalue weighted by molar-refractivity contribution is 0.578. The van der Waals surface area contributed by atoms with Gasteiger partial charge in [-0.25, -0.2) is 14.4 Å². The summed E-state index contributed by atoms with van der Waals surface area (Å²) in [4.78, 5) is 7.37. The average Bonchev–Trinajstić information content (AvgIpc) is 2.78. The molecule has 0 aromatic carbocycles. The number of halogens is 2. The van der Waals surface area contributed by atoms with Gasteiger partial charge in [-0.2, -0.15) is 0 Å². The highest BCUT2D eigenvalue weighted by Gasteiger charge is 2.12. The quantitative estimate of drug-likeness (QED) is 0.533. The van der Waals surface area contributed by atoms with Gasteiger partial charge in [0.1, 0.15) is 5.03 Å². The number of hydrogen-bond acceptors (Lipinski definition) is 5. The molecule has 0 amide bonds. The van der Waals surface area contributed by atoms with Crippen molar-refractivity contribution in [3.8, 4) is 0 Å². The number of pyridine rings is 1. The molecule has 0 spiro atoms. The summed E-state index contributed by atoms with van der Waals surface area (Å²) in [5, 5.41) is 8.55. The summed E-state index contributed by atoms with van der Waals surface area (Å²) < 4.78 is 15.2. The van der Waals surface area contributed by atoms with Crippen molar-refractivity contribution in [3.63, 3.8) is 0 Å². The predicted octanol–water partition coefficient (Wildman–Crippen LogP) is 2.46. The Bertz CT molecular complexity index is 716. The molecule has 0 N–H and O–H groups in total. The molecule has 90 valence electrons. The molecule has 0 aliphatic heterocycles. The van der Waals surface area contributed by atoms with Gasteiger partial charge in [-0.1, -0.05) is 6.07 Å². The van der Waals surface area contributed by atoms with E-state index < -0.39 is 5.82 Å². The van der Waals surface area contributed by atoms with Crippen LogP contribution in [0.5, 0.6) is 0 Å². The van der Waals surface area contributed by atoms with Gasteiger partial charge in [0, 0.05) is 6.20 Å². The molecule has 8 heteroatoms. The first-order valence-electron chi connectivity index (χ1n) is 4.90. The van der Waals surface area contributed by atoms with Gasteiger partial charge >= 0.3 is 0 Å². The summed E-state index contributed by atoms with van der Waals surface area (Å²) in [5.74, 6) is -0.544. The molecule has 0 saturated heterocycles. The Morgan fingerprint density at radius 2 is 2.17 bits per heavy atom. The highest BCUT2D eigenvalue weighted by Crippen LogP contribution is 2.27. The minimum Gasteiger partial charge on any atom is -0.277 e. The number of fused-ring (bicyclic) bond motifs is 1. The van der Waals surface area contributed by atoms with Gasteiger partial charge in [-0.3, -0.25) is 4.40 Å². The molecule has 0 bridgehead atoms. The third-order valence-corrected chi connectivity index (χ3v) is 3.28. The van der Waals surface area contributed by atoms with E-state index in [1.165, 1.54) is 0 Å². The van der Waals surface area contributed by atoms with Crippen LogP contribution in [0.25, 0.3) is 5.65 Å². The molecule has 3 aromatic heterocycles. The maximum absolute atomic E-state index is 13.5. The van der Waals surface area contributed by atoms with Gasteiger partial charge in [-0.15, -0.1) is 10.2 Å². The Morgan fingerprint density at radius 1 is 1.28 bits per heavy atom. The first kappa shape index (κ1) is 11.4. The fourth-order valence-corrected chi connectivity index (χ4v) is 2.35. The van der Waals surface area contributed by atoms with E-state index in [1.807, 2.05) is 12.1 Å². The molecule has 3 aromatic rings. The summed E-state index contributed by atoms with van der Waals surface area (Å²) in [6.07, 6.45) is 2.82. The molecule has 0 saturated carbocycles. The van der Waals surface area contributed by atoms with Crippen molar-refractivity contribution in [1.82, 2.24) is 24.6 Å². The lowest BCUT2D eigenvalue weighted by Crippen LogP contribution is -1.92. The maximum Gasteiger partial charge on any atom is 0.223 e. The summed E-state index contributed by atoms with van der Waals surface area (Å²) in [6.45, 7) is 0. The van der Waals surface area contributed by atoms with Crippen molar-refractivity contribution in [3.05, 3.63) is 41.7 Å². The molecule has 0 aliphatic rings. The third-order valence-electron chi connectivity index (χ3n) is 2.15. The normalized spacial score (nSPS) is 11.0. The topological polar surface area (TPSA) is 56.0 Å². The molecule has 3 rings (SSSR count). The molecule has 3 heterocycles. The molecule has 5 nitrogen and oxygen atoms in total. The zero-order chi connectivity index (χ0) is 12.5. The second-order valence-electron chi connectivity index (χ2n) is 3.31. The van der Waals surface area contributed by atoms with Gasteiger partial charge in [-0.05, 0) is 35.5 Å². The number of rotatable bonds is 2. The first-order chi connectivity index (χ1) is 8.74. The molecule has 0 aliphatic carbocycles. The van der Waals surface area contributed by atoms with Crippen LogP contribution in [0, 0.1) is 5.82 Å². The van der Waals surface area contributed by atoms with E-state index >= 15 is 0 Å². The number of hydrogen-bond donors (Lipinski definition) is 0. The van der Waals surface area contributed by atoms with Crippen LogP contribution in [0.15, 0.2) is 40.8 Å². The van der Waals surface area contributed by atoms with E-state index in [-0.39, 0.29) is 10.3 Å². The fraction of sp³-hybridized carbons (Fsp3) is 0. The van der Waals surface area contributed by atoms with Gasteiger partial charge in [0.15, 0.2) is 11.5 Å². The van der Waals surface area contributed by atoms with Gasteiger partial charge in [0.25, 0.3) is 0 Å². The molecular formula is C10H5ClFN5S. The minimum absolute atomic E-state index is 0.00674. The monoisotopic (exact) mass is 281 g/mol. The van der Waals surface area contributed by atoms with Crippen molar-refractivity contribution in [2.75, 3.05) is 0 Å². The second kappa shape index (κ2) is 4.51. The zero-order valence-electron chi connectivity index (χ0n) is 8.79. The van der Waals surface area contributed by atoms with Crippen LogP contribution in [0.4, 0.5) is 4.39 Å². The summed E-state index contributed by atoms with van der Waals surface area (Å²) in [6, 6.07) is 5.49. The first-order valence-corrected chi connectivity index (χ1v) is 6.09. The van der Waals surface area contributed by atoms with Gasteiger partial charge in [0.2, 0.25) is 10.4 Å². The van der Waals surface area contributed by atoms with Crippen molar-refractivity contribution < 1.29 is 4.39 Å². The maximum atomic E-state index is 13.5. The van der Waals surface area contributed by atoms with Crippen molar-refractivity contribution in [2.45, 2.75) is 10.2 Å². The van der Waals surface area contributed by atoms with E-state index in [2.05, 4.69) is 20.2 Å². The molecule has 0 atom stereocenters. The van der Waals surface area contributed by atoms with E-state index in [4.69, 9.17) is 11.6 Å². The third kappa shape index (κ3) is 2.02. The fourth-order valence-electron chi connectivity index (χ4n) is 1.38. The van der Waals surface area contributed by atoms with E-state index in [0.717, 1.165) is 18.0 Å². The largest absolute Gasteiger partial charge is 0.277 e. The number of nitrogens with zero attached hydrogens (tertiary/aromatic N) is 5. The lowest BCUT2D eigenvalue weighted by Gasteiger charge is -2.00. The summed E-state index contributed by atoms with van der Waals surface area (Å²) >= 11 is 6.67. The van der Waals surface area contributed by atoms with Crippen molar-refractivity contribution >= 4 is 29.0 Å². The van der Waals surface area contributed by atoms with Crippen LogP contribution >= 0.6 is 23.4 Å². The van der Waals surface area contributed by atoms with E-state index in [0.29, 0.717) is 10.8 Å². The Morgan fingerprint density at radius 3 is 3.06 bits per heavy atom. The molecule has 18 heavy (non-hydrogen) atoms. The minimum atomic E-state index is -0.544. The SMILES string of the molecule is Fc1cnc(Cl)nc1Sc1nnc2ccccn12. The summed E-state index contributed by atoms with van der Waals surface area (Å²) in [7, 11) is 0. The van der Waals surface area contributed by atoms with Crippen LogP contribution < -0.4 is 0 Å². The van der Waals surface area contributed by atoms with Crippen molar-refractivity contribution in [1.29, 1.82) is 0 Å². The van der Waals surface area contributed by atoms with Crippen LogP contribution in [0.2, 0.25) is 5.28 Å². The Balaban J connectivity index is 2.04. The Kier molecular flexibility index (Phi) is 2.85. The second-order valence-corrected chi connectivity index (χ2v) is 4.60. The van der Waals surface area contributed by atoms with E-state index in [1.54, 1.807) is 16.7 Å². The summed E-state index contributed by atoms with van der Waals surface area (Å²) in [5.41, 5.74) is 0.681. The molecule has 0 radical (unpaired) electrons. The number of aromatic nitrogens is 5. The highest BCUT2D eigenvalue weighted by atomic mass is 35.5.